The number of benzene rings is 1. The molecular weight excluding hydrogens is 226 g/mol. The molecule has 0 aliphatic carbocycles. The number of methoxy groups -OCH3 is 1. The first kappa shape index (κ1) is 13.2. The Morgan fingerprint density at radius 2 is 2.00 bits per heavy atom. The van der Waals surface area contributed by atoms with E-state index in [1.165, 1.54) is 25.9 Å². The van der Waals surface area contributed by atoms with Crippen LogP contribution in [-0.4, -0.2) is 38.8 Å². The third-order valence-corrected chi connectivity index (χ3v) is 3.69. The van der Waals surface area contributed by atoms with Crippen molar-refractivity contribution in [3.63, 3.8) is 0 Å². The van der Waals surface area contributed by atoms with Gasteiger partial charge in [0.15, 0.2) is 0 Å². The number of piperidine rings is 1. The van der Waals surface area contributed by atoms with Crippen LogP contribution in [0.5, 0.6) is 11.5 Å². The Hall–Kier alpha value is -1.22. The van der Waals surface area contributed by atoms with Gasteiger partial charge in [-0.25, -0.2) is 0 Å². The van der Waals surface area contributed by atoms with Crippen molar-refractivity contribution in [3.8, 4) is 11.5 Å². The lowest BCUT2D eigenvalue weighted by molar-refractivity contribution is 0.160. The largest absolute Gasteiger partial charge is 0.496 e. The maximum Gasteiger partial charge on any atom is 0.122 e. The smallest absolute Gasteiger partial charge is 0.122 e. The molecule has 0 aromatic heterocycles. The first-order valence-electron chi connectivity index (χ1n) is 6.65. The minimum atomic E-state index is 0.698. The molecule has 1 aromatic carbocycles. The van der Waals surface area contributed by atoms with E-state index >= 15 is 0 Å². The summed E-state index contributed by atoms with van der Waals surface area (Å²) in [5.41, 5.74) is 1.12. The first-order chi connectivity index (χ1) is 8.69. The molecule has 0 radical (unpaired) electrons. The van der Waals surface area contributed by atoms with Crippen molar-refractivity contribution < 1.29 is 9.47 Å². The average Bonchev–Trinajstić information content (AvgIpc) is 2.38. The topological polar surface area (TPSA) is 21.7 Å². The number of hydrogen-bond acceptors (Lipinski definition) is 3. The normalized spacial score (nSPS) is 17.7. The van der Waals surface area contributed by atoms with E-state index in [0.717, 1.165) is 23.7 Å². The number of aryl methyl sites for hydroxylation is 1. The van der Waals surface area contributed by atoms with Gasteiger partial charge in [-0.2, -0.15) is 0 Å². The molecule has 18 heavy (non-hydrogen) atoms. The Bertz CT molecular complexity index is 384. The zero-order valence-electron chi connectivity index (χ0n) is 11.6. The van der Waals surface area contributed by atoms with E-state index in [2.05, 4.69) is 11.9 Å². The molecule has 0 bridgehead atoms. The number of rotatable bonds is 4. The molecule has 100 valence electrons. The second-order valence-corrected chi connectivity index (χ2v) is 5.19. The van der Waals surface area contributed by atoms with Crippen LogP contribution in [0.1, 0.15) is 18.4 Å². The quantitative estimate of drug-likeness (QED) is 0.819. The summed E-state index contributed by atoms with van der Waals surface area (Å²) in [5, 5.41) is 0. The van der Waals surface area contributed by atoms with Crippen molar-refractivity contribution in [1.29, 1.82) is 0 Å². The van der Waals surface area contributed by atoms with Crippen molar-refractivity contribution in [2.75, 3.05) is 33.9 Å². The highest BCUT2D eigenvalue weighted by atomic mass is 16.5. The average molecular weight is 249 g/mol. The van der Waals surface area contributed by atoms with E-state index in [1.807, 2.05) is 25.1 Å². The summed E-state index contributed by atoms with van der Waals surface area (Å²) >= 11 is 0. The summed E-state index contributed by atoms with van der Waals surface area (Å²) in [5.74, 6) is 2.57. The molecule has 1 aliphatic heterocycles. The summed E-state index contributed by atoms with van der Waals surface area (Å²) in [7, 11) is 3.88. The molecule has 2 rings (SSSR count). The van der Waals surface area contributed by atoms with Gasteiger partial charge in [-0.05, 0) is 69.6 Å². The van der Waals surface area contributed by atoms with E-state index in [-0.39, 0.29) is 0 Å². The number of likely N-dealkylation sites (tertiary alicyclic amines) is 1. The molecule has 3 heteroatoms. The Kier molecular flexibility index (Phi) is 4.48. The standard InChI is InChI=1S/C15H23NO2/c1-12-10-14(4-5-15(12)17-3)18-11-13-6-8-16(2)9-7-13/h4-5,10,13H,6-9,11H2,1-3H3. The minimum absolute atomic E-state index is 0.698. The van der Waals surface area contributed by atoms with Gasteiger partial charge in [-0.15, -0.1) is 0 Å². The number of nitrogens with zero attached hydrogens (tertiary/aromatic N) is 1. The Morgan fingerprint density at radius 1 is 1.28 bits per heavy atom. The Morgan fingerprint density at radius 3 is 2.61 bits per heavy atom. The molecule has 1 aliphatic rings. The molecule has 1 aromatic rings. The van der Waals surface area contributed by atoms with Crippen molar-refractivity contribution >= 4 is 0 Å². The molecule has 0 unspecified atom stereocenters. The SMILES string of the molecule is COc1ccc(OCC2CCN(C)CC2)cc1C. The summed E-state index contributed by atoms with van der Waals surface area (Å²) in [6.45, 7) is 5.26. The molecule has 1 fully saturated rings. The fourth-order valence-corrected chi connectivity index (χ4v) is 2.38. The zero-order valence-corrected chi connectivity index (χ0v) is 11.6. The second-order valence-electron chi connectivity index (χ2n) is 5.19. The summed E-state index contributed by atoms with van der Waals surface area (Å²) in [4.78, 5) is 2.38. The van der Waals surface area contributed by atoms with Gasteiger partial charge in [-0.3, -0.25) is 0 Å². The second kappa shape index (κ2) is 6.10. The van der Waals surface area contributed by atoms with Crippen LogP contribution < -0.4 is 9.47 Å². The first-order valence-corrected chi connectivity index (χ1v) is 6.65. The van der Waals surface area contributed by atoms with E-state index in [9.17, 15) is 0 Å². The molecule has 0 atom stereocenters. The van der Waals surface area contributed by atoms with Crippen molar-refractivity contribution in [2.45, 2.75) is 19.8 Å². The van der Waals surface area contributed by atoms with E-state index < -0.39 is 0 Å². The van der Waals surface area contributed by atoms with Crippen LogP contribution >= 0.6 is 0 Å². The minimum Gasteiger partial charge on any atom is -0.496 e. The molecule has 0 saturated carbocycles. The maximum absolute atomic E-state index is 5.89. The molecule has 1 saturated heterocycles. The van der Waals surface area contributed by atoms with E-state index in [0.29, 0.717) is 5.92 Å². The molecule has 1 heterocycles. The predicted octanol–water partition coefficient (Wildman–Crippen LogP) is 2.72. The van der Waals surface area contributed by atoms with E-state index in [4.69, 9.17) is 9.47 Å². The van der Waals surface area contributed by atoms with Gasteiger partial charge in [-0.1, -0.05) is 0 Å². The Labute approximate surface area is 110 Å². The van der Waals surface area contributed by atoms with Crippen LogP contribution in [0, 0.1) is 12.8 Å². The lowest BCUT2D eigenvalue weighted by atomic mass is 9.98. The fraction of sp³-hybridized carbons (Fsp3) is 0.600. The maximum atomic E-state index is 5.89. The van der Waals surface area contributed by atoms with E-state index in [1.54, 1.807) is 7.11 Å². The molecule has 0 amide bonds. The predicted molar refractivity (Wildman–Crippen MR) is 73.4 cm³/mol. The monoisotopic (exact) mass is 249 g/mol. The summed E-state index contributed by atoms with van der Waals surface area (Å²) < 4.78 is 11.1. The van der Waals surface area contributed by atoms with Crippen LogP contribution in [0.25, 0.3) is 0 Å². The van der Waals surface area contributed by atoms with Crippen molar-refractivity contribution in [2.24, 2.45) is 5.92 Å². The van der Waals surface area contributed by atoms with Gasteiger partial charge < -0.3 is 14.4 Å². The van der Waals surface area contributed by atoms with Gasteiger partial charge in [0, 0.05) is 0 Å². The van der Waals surface area contributed by atoms with Crippen molar-refractivity contribution in [1.82, 2.24) is 4.90 Å². The molecule has 0 N–H and O–H groups in total. The fourth-order valence-electron chi connectivity index (χ4n) is 2.38. The van der Waals surface area contributed by atoms with Gasteiger partial charge in [0.05, 0.1) is 13.7 Å². The number of hydrogen-bond donors (Lipinski definition) is 0. The van der Waals surface area contributed by atoms with Gasteiger partial charge in [0.1, 0.15) is 11.5 Å². The lowest BCUT2D eigenvalue weighted by Gasteiger charge is -2.28. The van der Waals surface area contributed by atoms with Gasteiger partial charge >= 0.3 is 0 Å². The highest BCUT2D eigenvalue weighted by Crippen LogP contribution is 2.24. The van der Waals surface area contributed by atoms with Crippen LogP contribution in [0.3, 0.4) is 0 Å². The number of ether oxygens (including phenoxy) is 2. The molecular formula is C15H23NO2. The van der Waals surface area contributed by atoms with Crippen LogP contribution in [-0.2, 0) is 0 Å². The van der Waals surface area contributed by atoms with Crippen LogP contribution in [0.15, 0.2) is 18.2 Å². The van der Waals surface area contributed by atoms with Crippen LogP contribution in [0.2, 0.25) is 0 Å². The summed E-state index contributed by atoms with van der Waals surface area (Å²) in [6, 6.07) is 6.01. The van der Waals surface area contributed by atoms with Crippen molar-refractivity contribution in [3.05, 3.63) is 23.8 Å². The third kappa shape index (κ3) is 3.39. The molecule has 0 spiro atoms. The molecule has 3 nitrogen and oxygen atoms in total. The summed E-state index contributed by atoms with van der Waals surface area (Å²) in [6.07, 6.45) is 2.48. The highest BCUT2D eigenvalue weighted by molar-refractivity contribution is 5.39. The lowest BCUT2D eigenvalue weighted by Crippen LogP contribution is -2.32. The highest BCUT2D eigenvalue weighted by Gasteiger charge is 2.17. The third-order valence-electron chi connectivity index (χ3n) is 3.69. The zero-order chi connectivity index (χ0) is 13.0. The Balaban J connectivity index is 1.84. The van der Waals surface area contributed by atoms with Gasteiger partial charge in [0.2, 0.25) is 0 Å². The van der Waals surface area contributed by atoms with Gasteiger partial charge in [0.25, 0.3) is 0 Å². The van der Waals surface area contributed by atoms with Crippen LogP contribution in [0.4, 0.5) is 0 Å².